The molecule has 2 N–H and O–H groups in total. The third-order valence-corrected chi connectivity index (χ3v) is 3.76. The predicted octanol–water partition coefficient (Wildman–Crippen LogP) is 4.51. The van der Waals surface area contributed by atoms with Gasteiger partial charge in [0.2, 0.25) is 0 Å². The van der Waals surface area contributed by atoms with E-state index in [0.29, 0.717) is 0 Å². The molecule has 0 saturated heterocycles. The molecule has 0 saturated carbocycles. The summed E-state index contributed by atoms with van der Waals surface area (Å²) in [6.07, 6.45) is 4.72. The summed E-state index contributed by atoms with van der Waals surface area (Å²) in [7, 11) is 0. The number of benzene rings is 2. The van der Waals surface area contributed by atoms with Gasteiger partial charge in [-0.2, -0.15) is 0 Å². The van der Waals surface area contributed by atoms with Crippen molar-refractivity contribution in [2.24, 2.45) is 0 Å². The normalized spacial score (nSPS) is 10.5. The van der Waals surface area contributed by atoms with Gasteiger partial charge in [-0.15, -0.1) is 0 Å². The van der Waals surface area contributed by atoms with Gasteiger partial charge in [-0.25, -0.2) is 0 Å². The average molecular weight is 282 g/mol. The Morgan fingerprint density at radius 1 is 0.857 bits per heavy atom. The molecule has 0 amide bonds. The second kappa shape index (κ2) is 8.35. The van der Waals surface area contributed by atoms with Crippen LogP contribution in [0.25, 0.3) is 0 Å². The summed E-state index contributed by atoms with van der Waals surface area (Å²) in [5.74, 6) is 0. The van der Waals surface area contributed by atoms with Crippen LogP contribution in [-0.2, 0) is 6.42 Å². The highest BCUT2D eigenvalue weighted by Crippen LogP contribution is 2.23. The van der Waals surface area contributed by atoms with Gasteiger partial charge in [-0.3, -0.25) is 0 Å². The summed E-state index contributed by atoms with van der Waals surface area (Å²) in [5, 5.41) is 0. The predicted molar refractivity (Wildman–Crippen MR) is 92.7 cm³/mol. The molecule has 2 aromatic rings. The van der Waals surface area contributed by atoms with Gasteiger partial charge < -0.3 is 10.6 Å². The number of aryl methyl sites for hydroxylation is 1. The average Bonchev–Trinajstić information content (AvgIpc) is 2.52. The summed E-state index contributed by atoms with van der Waals surface area (Å²) < 4.78 is 0. The van der Waals surface area contributed by atoms with Crippen LogP contribution in [0, 0.1) is 0 Å². The molecule has 0 spiro atoms. The van der Waals surface area contributed by atoms with Crippen molar-refractivity contribution in [2.45, 2.75) is 32.6 Å². The second-order valence-electron chi connectivity index (χ2n) is 5.49. The van der Waals surface area contributed by atoms with Crippen molar-refractivity contribution in [2.75, 3.05) is 23.7 Å². The summed E-state index contributed by atoms with van der Waals surface area (Å²) in [5.41, 5.74) is 9.60. The number of hydrogen-bond donors (Lipinski definition) is 1. The largest absolute Gasteiger partial charge is 0.397 e. The zero-order valence-corrected chi connectivity index (χ0v) is 13.0. The van der Waals surface area contributed by atoms with Gasteiger partial charge in [-0.1, -0.05) is 49.4 Å². The number of nitrogens with two attached hydrogens (primary N) is 1. The van der Waals surface area contributed by atoms with Crippen molar-refractivity contribution in [3.05, 3.63) is 60.2 Å². The molecule has 0 aromatic heterocycles. The third-order valence-electron chi connectivity index (χ3n) is 3.76. The molecular formula is C19H26N2. The minimum absolute atomic E-state index is 0.883. The van der Waals surface area contributed by atoms with Gasteiger partial charge in [0.25, 0.3) is 0 Å². The summed E-state index contributed by atoms with van der Waals surface area (Å²) in [4.78, 5) is 2.42. The first-order chi connectivity index (χ1) is 10.3. The molecule has 0 aliphatic heterocycles. The van der Waals surface area contributed by atoms with Crippen molar-refractivity contribution in [1.82, 2.24) is 0 Å². The molecule has 0 aliphatic carbocycles. The Hall–Kier alpha value is -1.96. The molecule has 0 atom stereocenters. The molecule has 2 rings (SSSR count). The van der Waals surface area contributed by atoms with E-state index in [4.69, 9.17) is 5.73 Å². The quantitative estimate of drug-likeness (QED) is 0.570. The van der Waals surface area contributed by atoms with E-state index in [9.17, 15) is 0 Å². The molecule has 112 valence electrons. The first-order valence-corrected chi connectivity index (χ1v) is 7.94. The fourth-order valence-electron chi connectivity index (χ4n) is 2.67. The Bertz CT molecular complexity index is 522. The van der Waals surface area contributed by atoms with E-state index in [1.165, 1.54) is 24.1 Å². The van der Waals surface area contributed by atoms with E-state index in [1.807, 2.05) is 12.1 Å². The topological polar surface area (TPSA) is 29.3 Å². The highest BCUT2D eigenvalue weighted by Gasteiger charge is 2.08. The van der Waals surface area contributed by atoms with Gasteiger partial charge in [0.05, 0.1) is 11.4 Å². The fraction of sp³-hybridized carbons (Fsp3) is 0.368. The SMILES string of the molecule is CCCN(CCCCc1ccccc1)c1ccccc1N. The Balaban J connectivity index is 1.85. The van der Waals surface area contributed by atoms with Crippen molar-refractivity contribution < 1.29 is 0 Å². The lowest BCUT2D eigenvalue weighted by atomic mass is 10.1. The molecule has 0 radical (unpaired) electrons. The van der Waals surface area contributed by atoms with Crippen LogP contribution in [0.1, 0.15) is 31.7 Å². The number of unbranched alkanes of at least 4 members (excludes halogenated alkanes) is 1. The van der Waals surface area contributed by atoms with E-state index in [2.05, 4.69) is 54.3 Å². The highest BCUT2D eigenvalue weighted by molar-refractivity contribution is 5.67. The molecule has 0 bridgehead atoms. The van der Waals surface area contributed by atoms with Crippen molar-refractivity contribution in [3.63, 3.8) is 0 Å². The van der Waals surface area contributed by atoms with Crippen LogP contribution >= 0.6 is 0 Å². The number of nitrogen functional groups attached to an aromatic ring is 1. The number of anilines is 2. The van der Waals surface area contributed by atoms with Crippen LogP contribution in [0.5, 0.6) is 0 Å². The minimum atomic E-state index is 0.883. The van der Waals surface area contributed by atoms with Crippen molar-refractivity contribution in [3.8, 4) is 0 Å². The van der Waals surface area contributed by atoms with Crippen LogP contribution in [0.2, 0.25) is 0 Å². The number of nitrogens with zero attached hydrogens (tertiary/aromatic N) is 1. The van der Waals surface area contributed by atoms with E-state index >= 15 is 0 Å². The smallest absolute Gasteiger partial charge is 0.0599 e. The van der Waals surface area contributed by atoms with E-state index in [-0.39, 0.29) is 0 Å². The Kier molecular flexibility index (Phi) is 6.14. The van der Waals surface area contributed by atoms with E-state index in [0.717, 1.165) is 31.6 Å². The van der Waals surface area contributed by atoms with E-state index in [1.54, 1.807) is 0 Å². The minimum Gasteiger partial charge on any atom is -0.397 e. The Labute approximate surface area is 128 Å². The molecule has 2 nitrogen and oxygen atoms in total. The van der Waals surface area contributed by atoms with Crippen LogP contribution in [0.4, 0.5) is 11.4 Å². The van der Waals surface area contributed by atoms with Crippen LogP contribution < -0.4 is 10.6 Å². The van der Waals surface area contributed by atoms with E-state index < -0.39 is 0 Å². The Morgan fingerprint density at radius 2 is 1.57 bits per heavy atom. The van der Waals surface area contributed by atoms with Crippen LogP contribution in [0.3, 0.4) is 0 Å². The molecule has 0 aliphatic rings. The van der Waals surface area contributed by atoms with Gasteiger partial charge in [0, 0.05) is 13.1 Å². The lowest BCUT2D eigenvalue weighted by Gasteiger charge is -2.25. The number of para-hydroxylation sites is 2. The van der Waals surface area contributed by atoms with Crippen molar-refractivity contribution in [1.29, 1.82) is 0 Å². The van der Waals surface area contributed by atoms with Crippen molar-refractivity contribution >= 4 is 11.4 Å². The molecule has 0 unspecified atom stereocenters. The zero-order valence-electron chi connectivity index (χ0n) is 13.0. The second-order valence-corrected chi connectivity index (χ2v) is 5.49. The molecular weight excluding hydrogens is 256 g/mol. The highest BCUT2D eigenvalue weighted by atomic mass is 15.1. The third kappa shape index (κ3) is 4.82. The maximum absolute atomic E-state index is 6.11. The first-order valence-electron chi connectivity index (χ1n) is 7.94. The Morgan fingerprint density at radius 3 is 2.29 bits per heavy atom. The summed E-state index contributed by atoms with van der Waals surface area (Å²) >= 11 is 0. The molecule has 2 heteroatoms. The zero-order chi connectivity index (χ0) is 14.9. The number of hydrogen-bond acceptors (Lipinski definition) is 2. The maximum atomic E-state index is 6.11. The molecule has 21 heavy (non-hydrogen) atoms. The lowest BCUT2D eigenvalue weighted by molar-refractivity contribution is 0.678. The first kappa shape index (κ1) is 15.4. The lowest BCUT2D eigenvalue weighted by Crippen LogP contribution is -2.26. The standard InChI is InChI=1S/C19H26N2/c1-2-15-21(19-14-7-6-13-18(19)20)16-9-8-12-17-10-4-3-5-11-17/h3-7,10-11,13-14H,2,8-9,12,15-16,20H2,1H3. The fourth-order valence-corrected chi connectivity index (χ4v) is 2.67. The summed E-state index contributed by atoms with van der Waals surface area (Å²) in [6.45, 7) is 4.37. The van der Waals surface area contributed by atoms with Gasteiger partial charge in [0.1, 0.15) is 0 Å². The number of rotatable bonds is 8. The molecule has 0 heterocycles. The maximum Gasteiger partial charge on any atom is 0.0599 e. The van der Waals surface area contributed by atoms with Gasteiger partial charge >= 0.3 is 0 Å². The van der Waals surface area contributed by atoms with Crippen LogP contribution in [-0.4, -0.2) is 13.1 Å². The van der Waals surface area contributed by atoms with Crippen LogP contribution in [0.15, 0.2) is 54.6 Å². The molecule has 0 fully saturated rings. The van der Waals surface area contributed by atoms with Gasteiger partial charge in [-0.05, 0) is 43.4 Å². The monoisotopic (exact) mass is 282 g/mol. The molecule has 2 aromatic carbocycles. The van der Waals surface area contributed by atoms with Gasteiger partial charge in [0.15, 0.2) is 0 Å². The summed E-state index contributed by atoms with van der Waals surface area (Å²) in [6, 6.07) is 18.9.